The molecular formula is C37H32BrN5O4. The normalized spacial score (nSPS) is 17.0. The number of aliphatic hydroxyl groups is 1. The first-order valence-corrected chi connectivity index (χ1v) is 16.0. The van der Waals surface area contributed by atoms with Crippen LogP contribution < -0.4 is 10.1 Å². The van der Waals surface area contributed by atoms with Crippen LogP contribution in [0.2, 0.25) is 0 Å². The Balaban J connectivity index is 1.45. The molecule has 0 saturated heterocycles. The Kier molecular flexibility index (Phi) is 9.83. The van der Waals surface area contributed by atoms with Crippen molar-refractivity contribution in [2.24, 2.45) is 10.1 Å². The first kappa shape index (κ1) is 31.8. The van der Waals surface area contributed by atoms with E-state index in [4.69, 9.17) is 19.6 Å². The van der Waals surface area contributed by atoms with Gasteiger partial charge in [0.2, 0.25) is 5.90 Å². The number of nitrogens with zero attached hydrogens (tertiary/aromatic N) is 4. The number of aliphatic imine (C=N–C) groups is 1. The van der Waals surface area contributed by atoms with E-state index >= 15 is 0 Å². The zero-order valence-electron chi connectivity index (χ0n) is 25.4. The molecule has 1 aliphatic heterocycles. The molecule has 0 unspecified atom stereocenters. The van der Waals surface area contributed by atoms with E-state index in [0.717, 1.165) is 26.4 Å². The predicted molar refractivity (Wildman–Crippen MR) is 186 cm³/mol. The molecule has 0 saturated carbocycles. The number of hydrogen-bond acceptors (Lipinski definition) is 6. The fourth-order valence-corrected chi connectivity index (χ4v) is 6.31. The Labute approximate surface area is 280 Å². The van der Waals surface area contributed by atoms with E-state index in [-0.39, 0.29) is 25.5 Å². The van der Waals surface area contributed by atoms with E-state index in [1.165, 1.54) is 0 Å². The second-order valence-corrected chi connectivity index (χ2v) is 12.0. The van der Waals surface area contributed by atoms with Crippen molar-refractivity contribution in [3.05, 3.63) is 152 Å². The smallest absolute Gasteiger partial charge is 0.252 e. The van der Waals surface area contributed by atoms with Crippen molar-refractivity contribution >= 4 is 44.2 Å². The third-order valence-corrected chi connectivity index (χ3v) is 8.86. The van der Waals surface area contributed by atoms with Crippen molar-refractivity contribution in [1.82, 2.24) is 5.32 Å². The zero-order chi connectivity index (χ0) is 32.6. The van der Waals surface area contributed by atoms with Gasteiger partial charge in [-0.1, -0.05) is 106 Å². The van der Waals surface area contributed by atoms with Gasteiger partial charge < -0.3 is 19.9 Å². The number of ether oxygens (including phenoxy) is 2. The number of fused-ring (bicyclic) bond motifs is 1. The summed E-state index contributed by atoms with van der Waals surface area (Å²) >= 11 is 3.69. The van der Waals surface area contributed by atoms with Crippen molar-refractivity contribution in [2.45, 2.75) is 31.0 Å². The second-order valence-electron chi connectivity index (χ2n) is 11.1. The number of carbonyl (C=O) groups is 1. The summed E-state index contributed by atoms with van der Waals surface area (Å²) < 4.78 is 13.2. The molecule has 0 aromatic heterocycles. The van der Waals surface area contributed by atoms with Crippen molar-refractivity contribution in [1.29, 1.82) is 0 Å². The molecule has 1 heterocycles. The molecule has 0 spiro atoms. The van der Waals surface area contributed by atoms with Gasteiger partial charge in [-0.05, 0) is 57.8 Å². The quantitative estimate of drug-likeness (QED) is 0.0593. The molecule has 1 amide bonds. The SMILES string of the molecule is [N-]=[N+]=Nc1ccccc1C[C@@]1(C(=O)NCc2cccc3ccccc23)N=C(c2ccc(OCCCO)cc2)O[C@@H]1c1ccccc1Br. The minimum absolute atomic E-state index is 0.0482. The maximum absolute atomic E-state index is 14.8. The standard InChI is InChI=1S/C37H32BrN5O4/c38-32-15-5-4-14-31(32)34-37(23-27-10-2-6-16-33(27)42-43-39,36(45)40-24-28-12-7-11-25-9-1-3-13-30(25)28)41-35(47-34)26-17-19-29(20-18-26)46-22-8-21-44/h1-7,9-20,34,44H,8,21-24H2,(H,40,45)/t34-,37-/m1/s1. The van der Waals surface area contributed by atoms with Crippen LogP contribution in [0.15, 0.2) is 130 Å². The maximum Gasteiger partial charge on any atom is 0.252 e. The lowest BCUT2D eigenvalue weighted by atomic mass is 9.81. The molecule has 2 N–H and O–H groups in total. The first-order valence-electron chi connectivity index (χ1n) is 15.3. The van der Waals surface area contributed by atoms with E-state index in [1.54, 1.807) is 12.1 Å². The molecule has 0 bridgehead atoms. The Morgan fingerprint density at radius 2 is 1.68 bits per heavy atom. The summed E-state index contributed by atoms with van der Waals surface area (Å²) in [5.41, 5.74) is 11.3. The fourth-order valence-electron chi connectivity index (χ4n) is 5.82. The Hall–Kier alpha value is -5.15. The van der Waals surface area contributed by atoms with Crippen molar-refractivity contribution in [2.75, 3.05) is 13.2 Å². The summed E-state index contributed by atoms with van der Waals surface area (Å²) in [6.45, 7) is 0.710. The molecule has 2 atom stereocenters. The lowest BCUT2D eigenvalue weighted by molar-refractivity contribution is -0.129. The lowest BCUT2D eigenvalue weighted by Crippen LogP contribution is -2.49. The molecule has 5 aromatic rings. The van der Waals surface area contributed by atoms with Crippen molar-refractivity contribution < 1.29 is 19.4 Å². The maximum atomic E-state index is 14.8. The van der Waals surface area contributed by atoms with Gasteiger partial charge in [0.1, 0.15) is 5.75 Å². The number of hydrogen-bond donors (Lipinski definition) is 2. The molecule has 9 nitrogen and oxygen atoms in total. The highest BCUT2D eigenvalue weighted by molar-refractivity contribution is 9.10. The highest BCUT2D eigenvalue weighted by Crippen LogP contribution is 2.45. The van der Waals surface area contributed by atoms with E-state index in [9.17, 15) is 10.3 Å². The number of nitrogens with one attached hydrogen (secondary N) is 1. The average molecular weight is 691 g/mol. The molecule has 0 aliphatic carbocycles. The summed E-state index contributed by atoms with van der Waals surface area (Å²) in [7, 11) is 0. The van der Waals surface area contributed by atoms with Crippen LogP contribution in [0, 0.1) is 0 Å². The number of azide groups is 1. The first-order chi connectivity index (χ1) is 23.0. The van der Waals surface area contributed by atoms with Gasteiger partial charge in [0, 0.05) is 52.2 Å². The van der Waals surface area contributed by atoms with Crippen LogP contribution in [-0.4, -0.2) is 35.7 Å². The number of benzene rings is 5. The lowest BCUT2D eigenvalue weighted by Gasteiger charge is -2.31. The molecule has 0 radical (unpaired) electrons. The third kappa shape index (κ3) is 6.85. The van der Waals surface area contributed by atoms with Gasteiger partial charge in [-0.2, -0.15) is 0 Å². The molecular weight excluding hydrogens is 658 g/mol. The molecule has 0 fully saturated rings. The number of rotatable bonds is 12. The van der Waals surface area contributed by atoms with Crippen LogP contribution in [0.5, 0.6) is 5.75 Å². The Morgan fingerprint density at radius 1 is 0.957 bits per heavy atom. The topological polar surface area (TPSA) is 129 Å². The van der Waals surface area contributed by atoms with E-state index in [1.807, 2.05) is 103 Å². The number of carbonyl (C=O) groups excluding carboxylic acids is 1. The zero-order valence-corrected chi connectivity index (χ0v) is 27.0. The van der Waals surface area contributed by atoms with Gasteiger partial charge in [0.05, 0.1) is 6.61 Å². The second kappa shape index (κ2) is 14.5. The van der Waals surface area contributed by atoms with Gasteiger partial charge in [-0.3, -0.25) is 4.79 Å². The summed E-state index contributed by atoms with van der Waals surface area (Å²) in [6, 6.07) is 36.2. The van der Waals surface area contributed by atoms with Crippen molar-refractivity contribution in [3.63, 3.8) is 0 Å². The highest BCUT2D eigenvalue weighted by atomic mass is 79.9. The van der Waals surface area contributed by atoms with Gasteiger partial charge in [-0.15, -0.1) is 0 Å². The molecule has 1 aliphatic rings. The van der Waals surface area contributed by atoms with Crippen LogP contribution in [0.1, 0.15) is 34.8 Å². The molecule has 10 heteroatoms. The van der Waals surface area contributed by atoms with Crippen molar-refractivity contribution in [3.8, 4) is 5.75 Å². The van der Waals surface area contributed by atoms with Crippen LogP contribution in [0.25, 0.3) is 21.2 Å². The van der Waals surface area contributed by atoms with E-state index in [2.05, 4.69) is 31.3 Å². The summed E-state index contributed by atoms with van der Waals surface area (Å²) in [5.74, 6) is 0.612. The Morgan fingerprint density at radius 3 is 2.49 bits per heavy atom. The van der Waals surface area contributed by atoms with Crippen LogP contribution >= 0.6 is 15.9 Å². The minimum atomic E-state index is -1.48. The van der Waals surface area contributed by atoms with Gasteiger partial charge >= 0.3 is 0 Å². The number of aliphatic hydroxyl groups excluding tert-OH is 1. The molecule has 5 aromatic carbocycles. The monoisotopic (exact) mass is 689 g/mol. The molecule has 236 valence electrons. The predicted octanol–water partition coefficient (Wildman–Crippen LogP) is 8.12. The van der Waals surface area contributed by atoms with Crippen LogP contribution in [0.4, 0.5) is 5.69 Å². The minimum Gasteiger partial charge on any atom is -0.494 e. The van der Waals surface area contributed by atoms with Crippen LogP contribution in [-0.2, 0) is 22.5 Å². The molecule has 6 rings (SSSR count). The summed E-state index contributed by atoms with van der Waals surface area (Å²) in [5, 5.41) is 18.3. The number of halogens is 1. The largest absolute Gasteiger partial charge is 0.494 e. The van der Waals surface area contributed by atoms with Crippen LogP contribution in [0.3, 0.4) is 0 Å². The summed E-state index contributed by atoms with van der Waals surface area (Å²) in [4.78, 5) is 22.9. The fraction of sp³-hybridized carbons (Fsp3) is 0.189. The highest BCUT2D eigenvalue weighted by Gasteiger charge is 2.54. The number of amides is 1. The molecule has 47 heavy (non-hydrogen) atoms. The van der Waals surface area contributed by atoms with E-state index < -0.39 is 11.6 Å². The Bertz CT molecular complexity index is 1970. The van der Waals surface area contributed by atoms with E-state index in [0.29, 0.717) is 41.5 Å². The third-order valence-electron chi connectivity index (χ3n) is 8.14. The average Bonchev–Trinajstić information content (AvgIpc) is 3.49. The van der Waals surface area contributed by atoms with Gasteiger partial charge in [0.25, 0.3) is 5.91 Å². The summed E-state index contributed by atoms with van der Waals surface area (Å²) in [6.07, 6.45) is -0.208. The van der Waals surface area contributed by atoms with Gasteiger partial charge in [-0.25, -0.2) is 4.99 Å². The van der Waals surface area contributed by atoms with Gasteiger partial charge in [0.15, 0.2) is 11.6 Å².